The van der Waals surface area contributed by atoms with Gasteiger partial charge < -0.3 is 15.0 Å². The lowest BCUT2D eigenvalue weighted by Crippen LogP contribution is -2.50. The Morgan fingerprint density at radius 2 is 1.97 bits per heavy atom. The van der Waals surface area contributed by atoms with Crippen LogP contribution in [0.3, 0.4) is 0 Å². The summed E-state index contributed by atoms with van der Waals surface area (Å²) in [7, 11) is 1.43. The van der Waals surface area contributed by atoms with E-state index in [0.717, 1.165) is 12.1 Å². The molecule has 0 radical (unpaired) electrons. The average Bonchev–Trinajstić information content (AvgIpc) is 2.99. The van der Waals surface area contributed by atoms with E-state index < -0.39 is 36.3 Å². The number of carbonyl (C=O) groups is 1. The Balaban J connectivity index is 1.74. The van der Waals surface area contributed by atoms with Crippen LogP contribution in [0.15, 0.2) is 42.7 Å². The molecule has 3 rings (SSSR count). The van der Waals surface area contributed by atoms with Gasteiger partial charge in [-0.15, -0.1) is 0 Å². The molecular weight excluding hydrogens is 397 g/mol. The summed E-state index contributed by atoms with van der Waals surface area (Å²) in [5, 5.41) is 2.24. The highest BCUT2D eigenvalue weighted by molar-refractivity contribution is 5.75. The van der Waals surface area contributed by atoms with Crippen molar-refractivity contribution in [3.63, 3.8) is 0 Å². The highest BCUT2D eigenvalue weighted by Crippen LogP contribution is 2.32. The summed E-state index contributed by atoms with van der Waals surface area (Å²) >= 11 is 0. The Morgan fingerprint density at radius 1 is 1.28 bits per heavy atom. The first-order valence-electron chi connectivity index (χ1n) is 8.65. The number of urea groups is 1. The zero-order valence-electron chi connectivity index (χ0n) is 15.3. The molecule has 1 aromatic heterocycles. The van der Waals surface area contributed by atoms with Crippen molar-refractivity contribution in [2.45, 2.75) is 24.7 Å². The van der Waals surface area contributed by atoms with Gasteiger partial charge >= 0.3 is 12.2 Å². The Kier molecular flexibility index (Phi) is 5.74. The fourth-order valence-electron chi connectivity index (χ4n) is 2.93. The third kappa shape index (κ3) is 4.81. The third-order valence-corrected chi connectivity index (χ3v) is 4.58. The normalized spacial score (nSPS) is 18.5. The zero-order chi connectivity index (χ0) is 21.2. The molecule has 2 heterocycles. The first-order valence-corrected chi connectivity index (χ1v) is 8.65. The summed E-state index contributed by atoms with van der Waals surface area (Å²) in [5.74, 6) is -3.14. The van der Waals surface area contributed by atoms with Crippen LogP contribution >= 0.6 is 0 Å². The van der Waals surface area contributed by atoms with Crippen LogP contribution in [-0.2, 0) is 17.5 Å². The minimum atomic E-state index is -4.44. The number of aromatic nitrogens is 1. The number of hydrogen-bond donors (Lipinski definition) is 1. The maximum atomic E-state index is 13.6. The van der Waals surface area contributed by atoms with Crippen molar-refractivity contribution in [1.82, 2.24) is 15.2 Å². The lowest BCUT2D eigenvalue weighted by atomic mass is 10.0. The van der Waals surface area contributed by atoms with Crippen LogP contribution < -0.4 is 5.32 Å². The summed E-state index contributed by atoms with van der Waals surface area (Å²) in [6.45, 7) is -0.980. The lowest BCUT2D eigenvalue weighted by molar-refractivity contribution is -0.137. The Bertz CT molecular complexity index is 871. The first kappa shape index (κ1) is 21.0. The van der Waals surface area contributed by atoms with Gasteiger partial charge in [-0.05, 0) is 29.3 Å². The van der Waals surface area contributed by atoms with Crippen LogP contribution in [0, 0.1) is 0 Å². The Hall–Kier alpha value is -2.75. The van der Waals surface area contributed by atoms with Crippen LogP contribution in [0.4, 0.5) is 26.7 Å². The van der Waals surface area contributed by atoms with E-state index in [0.29, 0.717) is 16.7 Å². The van der Waals surface area contributed by atoms with Gasteiger partial charge in [0.05, 0.1) is 12.2 Å². The van der Waals surface area contributed by atoms with E-state index in [1.54, 1.807) is 6.07 Å². The predicted octanol–water partition coefficient (Wildman–Crippen LogP) is 3.94. The van der Waals surface area contributed by atoms with Crippen molar-refractivity contribution in [3.8, 4) is 11.1 Å². The number of alkyl halides is 5. The molecule has 1 N–H and O–H groups in total. The number of nitrogens with one attached hydrogen (secondary N) is 1. The first-order chi connectivity index (χ1) is 13.6. The molecule has 0 bridgehead atoms. The maximum Gasteiger partial charge on any atom is 0.416 e. The number of amides is 2. The molecule has 2 aromatic rings. The minimum absolute atomic E-state index is 0.0455. The monoisotopic (exact) mass is 415 g/mol. The van der Waals surface area contributed by atoms with Crippen LogP contribution in [0.2, 0.25) is 0 Å². The number of rotatable bonds is 4. The molecule has 1 aromatic carbocycles. The number of halogens is 5. The van der Waals surface area contributed by atoms with E-state index in [4.69, 9.17) is 4.74 Å². The number of ether oxygens (including phenoxy) is 1. The quantitative estimate of drug-likeness (QED) is 0.770. The standard InChI is InChI=1S/C19H18F5N3O2/c1-27(17(28)26-16-10-29-11-18(16,20)21)9-13-6-7-25-8-15(13)12-2-4-14(5-3-12)19(22,23)24/h2-8,16H,9-11H2,1H3,(H,26,28)/t16-/m0/s1. The van der Waals surface area contributed by atoms with Gasteiger partial charge in [-0.25, -0.2) is 13.6 Å². The summed E-state index contributed by atoms with van der Waals surface area (Å²) < 4.78 is 70.2. The number of nitrogens with zero attached hydrogens (tertiary/aromatic N) is 2. The molecule has 156 valence electrons. The van der Waals surface area contributed by atoms with E-state index in [9.17, 15) is 26.7 Å². The Labute approximate surface area is 163 Å². The second kappa shape index (κ2) is 7.94. The van der Waals surface area contributed by atoms with E-state index in [-0.39, 0.29) is 13.2 Å². The molecule has 2 amide bonds. The molecule has 0 spiro atoms. The van der Waals surface area contributed by atoms with Gasteiger partial charge in [-0.1, -0.05) is 12.1 Å². The number of hydrogen-bond acceptors (Lipinski definition) is 3. The molecule has 0 unspecified atom stereocenters. The average molecular weight is 415 g/mol. The molecule has 10 heteroatoms. The van der Waals surface area contributed by atoms with Crippen LogP contribution in [0.1, 0.15) is 11.1 Å². The van der Waals surface area contributed by atoms with E-state index >= 15 is 0 Å². The second-order valence-corrected chi connectivity index (χ2v) is 6.74. The fourth-order valence-corrected chi connectivity index (χ4v) is 2.93. The van der Waals surface area contributed by atoms with Gasteiger partial charge in [0.2, 0.25) is 0 Å². The molecular formula is C19H18F5N3O2. The van der Waals surface area contributed by atoms with Crippen LogP contribution in [0.5, 0.6) is 0 Å². The highest BCUT2D eigenvalue weighted by atomic mass is 19.4. The summed E-state index contributed by atoms with van der Waals surface area (Å²) in [6, 6.07) is 4.05. The van der Waals surface area contributed by atoms with Gasteiger partial charge in [-0.3, -0.25) is 4.98 Å². The minimum Gasteiger partial charge on any atom is -0.373 e. The fraction of sp³-hybridized carbons (Fsp3) is 0.368. The van der Waals surface area contributed by atoms with Gasteiger partial charge in [0.15, 0.2) is 0 Å². The van der Waals surface area contributed by atoms with Crippen molar-refractivity contribution < 1.29 is 31.5 Å². The van der Waals surface area contributed by atoms with Gasteiger partial charge in [0.1, 0.15) is 12.6 Å². The summed E-state index contributed by atoms with van der Waals surface area (Å²) in [4.78, 5) is 17.5. The van der Waals surface area contributed by atoms with Crippen molar-refractivity contribution in [1.29, 1.82) is 0 Å². The molecule has 0 saturated carbocycles. The maximum absolute atomic E-state index is 13.6. The van der Waals surface area contributed by atoms with Crippen molar-refractivity contribution in [2.75, 3.05) is 20.3 Å². The van der Waals surface area contributed by atoms with Gasteiger partial charge in [0.25, 0.3) is 5.92 Å². The molecule has 29 heavy (non-hydrogen) atoms. The van der Waals surface area contributed by atoms with Gasteiger partial charge in [0, 0.05) is 31.5 Å². The van der Waals surface area contributed by atoms with E-state index in [1.807, 2.05) is 0 Å². The SMILES string of the molecule is CN(Cc1ccncc1-c1ccc(C(F)(F)F)cc1)C(=O)N[C@H]1COCC1(F)F. The van der Waals surface area contributed by atoms with E-state index in [2.05, 4.69) is 10.3 Å². The van der Waals surface area contributed by atoms with E-state index in [1.165, 1.54) is 36.5 Å². The van der Waals surface area contributed by atoms with Crippen molar-refractivity contribution in [3.05, 3.63) is 53.9 Å². The molecule has 0 aliphatic carbocycles. The highest BCUT2D eigenvalue weighted by Gasteiger charge is 2.46. The number of carbonyl (C=O) groups excluding carboxylic acids is 1. The van der Waals surface area contributed by atoms with Crippen molar-refractivity contribution in [2.24, 2.45) is 0 Å². The molecule has 1 aliphatic rings. The molecule has 5 nitrogen and oxygen atoms in total. The van der Waals surface area contributed by atoms with Crippen LogP contribution in [0.25, 0.3) is 11.1 Å². The summed E-state index contributed by atoms with van der Waals surface area (Å²) in [6.07, 6.45) is -1.49. The number of benzene rings is 1. The predicted molar refractivity (Wildman–Crippen MR) is 94.2 cm³/mol. The smallest absolute Gasteiger partial charge is 0.373 e. The topological polar surface area (TPSA) is 54.5 Å². The van der Waals surface area contributed by atoms with Crippen LogP contribution in [-0.4, -0.2) is 48.1 Å². The number of pyridine rings is 1. The molecule has 1 saturated heterocycles. The molecule has 1 aliphatic heterocycles. The largest absolute Gasteiger partial charge is 0.416 e. The zero-order valence-corrected chi connectivity index (χ0v) is 15.3. The molecule has 1 fully saturated rings. The second-order valence-electron chi connectivity index (χ2n) is 6.74. The lowest BCUT2D eigenvalue weighted by Gasteiger charge is -2.24. The van der Waals surface area contributed by atoms with Crippen molar-refractivity contribution >= 4 is 6.03 Å². The molecule has 1 atom stereocenters. The Morgan fingerprint density at radius 3 is 2.55 bits per heavy atom. The third-order valence-electron chi connectivity index (χ3n) is 4.58. The summed E-state index contributed by atoms with van der Waals surface area (Å²) in [5.41, 5.74) is 0.857. The van der Waals surface area contributed by atoms with Gasteiger partial charge in [-0.2, -0.15) is 13.2 Å².